The average Bonchev–Trinajstić information content (AvgIpc) is 3.14. The van der Waals surface area contributed by atoms with Crippen molar-refractivity contribution in [2.45, 2.75) is 94.8 Å². The molecule has 31 heavy (non-hydrogen) atoms. The average molecular weight is 459 g/mol. The maximum Gasteiger partial charge on any atom is 0.189 e. The van der Waals surface area contributed by atoms with E-state index in [-0.39, 0.29) is 44.0 Å². The Kier molecular flexibility index (Phi) is 4.66. The molecule has 0 saturated heterocycles. The van der Waals surface area contributed by atoms with Gasteiger partial charge < -0.3 is 0 Å². The van der Waals surface area contributed by atoms with E-state index in [1.165, 1.54) is 0 Å². The number of Topliss-reactive ketones (excluding diaryl/α,β-unsaturated/α-hetero) is 2. The molecule has 4 fully saturated rings. The fraction of sp³-hybridized carbons (Fsp3) is 0.760. The summed E-state index contributed by atoms with van der Waals surface area (Å²) in [5.74, 6) is 1.09. The van der Waals surface area contributed by atoms with E-state index in [4.69, 9.17) is 4.98 Å². The predicted molar refractivity (Wildman–Crippen MR) is 125 cm³/mol. The van der Waals surface area contributed by atoms with Gasteiger partial charge in [0.1, 0.15) is 16.6 Å². The van der Waals surface area contributed by atoms with Crippen molar-refractivity contribution in [2.24, 2.45) is 33.5 Å². The second-order valence-corrected chi connectivity index (χ2v) is 14.1. The number of rotatable bonds is 4. The summed E-state index contributed by atoms with van der Waals surface area (Å²) in [4.78, 5) is 35.9. The molecule has 4 aliphatic rings. The lowest BCUT2D eigenvalue weighted by molar-refractivity contribution is -0.123. The minimum atomic E-state index is -0.0820. The van der Waals surface area contributed by atoms with Crippen molar-refractivity contribution in [1.82, 2.24) is 9.97 Å². The van der Waals surface area contributed by atoms with E-state index in [9.17, 15) is 9.59 Å². The van der Waals surface area contributed by atoms with Crippen molar-refractivity contribution in [3.8, 4) is 0 Å². The first-order chi connectivity index (χ1) is 14.3. The third kappa shape index (κ3) is 2.70. The van der Waals surface area contributed by atoms with E-state index in [0.29, 0.717) is 16.7 Å². The molecule has 1 heterocycles. The van der Waals surface area contributed by atoms with E-state index < -0.39 is 0 Å². The van der Waals surface area contributed by atoms with Crippen LogP contribution in [0, 0.1) is 40.4 Å². The van der Waals surface area contributed by atoms with Crippen LogP contribution in [0.5, 0.6) is 0 Å². The first-order valence-corrected chi connectivity index (χ1v) is 13.4. The van der Waals surface area contributed by atoms with Gasteiger partial charge in [-0.1, -0.05) is 65.1 Å². The zero-order valence-electron chi connectivity index (χ0n) is 19.7. The van der Waals surface area contributed by atoms with Gasteiger partial charge in [0.15, 0.2) is 5.16 Å². The maximum absolute atomic E-state index is 13.2. The Morgan fingerprint density at radius 2 is 1.29 bits per heavy atom. The van der Waals surface area contributed by atoms with Crippen molar-refractivity contribution >= 4 is 35.1 Å². The Hall–Kier alpha value is -0.880. The predicted octanol–water partition coefficient (Wildman–Crippen LogP) is 5.76. The van der Waals surface area contributed by atoms with Gasteiger partial charge >= 0.3 is 0 Å². The highest BCUT2D eigenvalue weighted by atomic mass is 32.2. The number of hydrogen-bond donors (Lipinski definition) is 0. The van der Waals surface area contributed by atoms with E-state index in [1.54, 1.807) is 23.5 Å². The van der Waals surface area contributed by atoms with Crippen LogP contribution in [0.2, 0.25) is 0 Å². The Morgan fingerprint density at radius 1 is 0.806 bits per heavy atom. The smallest absolute Gasteiger partial charge is 0.189 e. The van der Waals surface area contributed by atoms with Gasteiger partial charge in [0.25, 0.3) is 0 Å². The molecule has 0 amide bonds. The standard InChI is InChI=1S/C25H34N2O2S2/c1-13-12-16(30-19-17(28)14-8-10-24(19,6)22(14,2)3)27-21(26-13)31-20-18(29)15-9-11-25(20,7)23(15,4)5/h12,14-15,19-20H,8-11H2,1-7H3/t14-,15-,19+,20+,24-,25-/m1/s1. The number of aryl methyl sites for hydroxylation is 1. The van der Waals surface area contributed by atoms with Gasteiger partial charge in [0, 0.05) is 17.5 Å². The molecule has 5 rings (SSSR count). The van der Waals surface area contributed by atoms with Crippen LogP contribution in [0.15, 0.2) is 16.2 Å². The van der Waals surface area contributed by atoms with Crippen molar-refractivity contribution < 1.29 is 9.59 Å². The molecule has 0 aliphatic heterocycles. The number of carbonyl (C=O) groups is 2. The van der Waals surface area contributed by atoms with Crippen LogP contribution >= 0.6 is 23.5 Å². The van der Waals surface area contributed by atoms with Crippen LogP contribution in [0.4, 0.5) is 0 Å². The molecular formula is C25H34N2O2S2. The van der Waals surface area contributed by atoms with Gasteiger partial charge in [-0.05, 0) is 60.3 Å². The van der Waals surface area contributed by atoms with Gasteiger partial charge in [-0.25, -0.2) is 9.97 Å². The fourth-order valence-electron chi connectivity index (χ4n) is 7.21. The lowest BCUT2D eigenvalue weighted by atomic mass is 9.71. The first-order valence-electron chi connectivity index (χ1n) is 11.6. The Balaban J connectivity index is 1.42. The van der Waals surface area contributed by atoms with Gasteiger partial charge in [-0.3, -0.25) is 9.59 Å². The number of nitrogens with zero attached hydrogens (tertiary/aromatic N) is 2. The summed E-state index contributed by atoms with van der Waals surface area (Å²) in [6.45, 7) is 15.6. The molecule has 4 saturated carbocycles. The summed E-state index contributed by atoms with van der Waals surface area (Å²) in [6.07, 6.45) is 4.22. The zero-order chi connectivity index (χ0) is 22.6. The van der Waals surface area contributed by atoms with Crippen LogP contribution in [0.1, 0.15) is 72.9 Å². The van der Waals surface area contributed by atoms with E-state index in [1.807, 2.05) is 13.0 Å². The second kappa shape index (κ2) is 6.59. The van der Waals surface area contributed by atoms with Crippen molar-refractivity contribution in [3.63, 3.8) is 0 Å². The Bertz CT molecular complexity index is 915. The van der Waals surface area contributed by atoms with Crippen LogP contribution in [0.3, 0.4) is 0 Å². The summed E-state index contributed by atoms with van der Waals surface area (Å²) >= 11 is 3.18. The molecule has 0 N–H and O–H groups in total. The fourth-order valence-corrected chi connectivity index (χ4v) is 10.4. The lowest BCUT2D eigenvalue weighted by Crippen LogP contribution is -2.36. The monoisotopic (exact) mass is 458 g/mol. The second-order valence-electron chi connectivity index (χ2n) is 11.9. The molecular weight excluding hydrogens is 424 g/mol. The largest absolute Gasteiger partial charge is 0.298 e. The Morgan fingerprint density at radius 3 is 1.74 bits per heavy atom. The highest BCUT2D eigenvalue weighted by Crippen LogP contribution is 2.68. The Labute approximate surface area is 194 Å². The van der Waals surface area contributed by atoms with Crippen LogP contribution < -0.4 is 0 Å². The van der Waals surface area contributed by atoms with Gasteiger partial charge in [0.05, 0.1) is 10.5 Å². The lowest BCUT2D eigenvalue weighted by Gasteiger charge is -2.37. The molecule has 0 radical (unpaired) electrons. The van der Waals surface area contributed by atoms with Gasteiger partial charge in [0.2, 0.25) is 0 Å². The normalized spacial score (nSPS) is 42.0. The highest BCUT2D eigenvalue weighted by Gasteiger charge is 2.67. The molecule has 0 unspecified atom stereocenters. The summed E-state index contributed by atoms with van der Waals surface area (Å²) in [5, 5.41) is 1.43. The van der Waals surface area contributed by atoms with E-state index >= 15 is 0 Å². The van der Waals surface area contributed by atoms with Gasteiger partial charge in [-0.15, -0.1) is 0 Å². The molecule has 4 nitrogen and oxygen atoms in total. The minimum Gasteiger partial charge on any atom is -0.298 e. The van der Waals surface area contributed by atoms with E-state index in [0.717, 1.165) is 36.4 Å². The van der Waals surface area contributed by atoms with Gasteiger partial charge in [-0.2, -0.15) is 0 Å². The van der Waals surface area contributed by atoms with Crippen molar-refractivity contribution in [2.75, 3.05) is 0 Å². The number of carbonyl (C=O) groups excluding carboxylic acids is 2. The summed E-state index contributed by atoms with van der Waals surface area (Å²) in [7, 11) is 0. The molecule has 4 bridgehead atoms. The molecule has 168 valence electrons. The number of ketones is 2. The summed E-state index contributed by atoms with van der Waals surface area (Å²) < 4.78 is 0. The SMILES string of the molecule is Cc1cc(S[C@H]2C(=O)[C@H]3CC[C@@]2(C)C3(C)C)nc(S[C@H]2C(=O)[C@H]3CC[C@@]2(C)C3(C)C)n1. The molecule has 1 aromatic rings. The third-order valence-electron chi connectivity index (χ3n) is 10.2. The quantitative estimate of drug-likeness (QED) is 0.422. The number of fused-ring (bicyclic) bond motifs is 4. The number of aromatic nitrogens is 2. The molecule has 0 aromatic carbocycles. The molecule has 0 spiro atoms. The molecule has 6 atom stereocenters. The maximum atomic E-state index is 13.2. The minimum absolute atomic E-state index is 0.00362. The highest BCUT2D eigenvalue weighted by molar-refractivity contribution is 8.01. The first kappa shape index (κ1) is 21.9. The molecule has 1 aromatic heterocycles. The van der Waals surface area contributed by atoms with Crippen molar-refractivity contribution in [3.05, 3.63) is 11.8 Å². The number of thioether (sulfide) groups is 2. The van der Waals surface area contributed by atoms with E-state index in [2.05, 4.69) is 46.5 Å². The third-order valence-corrected chi connectivity index (χ3v) is 13.0. The molecule has 4 aliphatic carbocycles. The topological polar surface area (TPSA) is 59.9 Å². The summed E-state index contributed by atoms with van der Waals surface area (Å²) in [5.41, 5.74) is 0.956. The van der Waals surface area contributed by atoms with Crippen LogP contribution in [-0.4, -0.2) is 32.0 Å². The van der Waals surface area contributed by atoms with Crippen LogP contribution in [0.25, 0.3) is 0 Å². The summed E-state index contributed by atoms with van der Waals surface area (Å²) in [6, 6.07) is 2.00. The van der Waals surface area contributed by atoms with Crippen molar-refractivity contribution in [1.29, 1.82) is 0 Å². The molecule has 6 heteroatoms. The van der Waals surface area contributed by atoms with Crippen LogP contribution in [-0.2, 0) is 9.59 Å². The number of hydrogen-bond acceptors (Lipinski definition) is 6. The zero-order valence-corrected chi connectivity index (χ0v) is 21.4.